The lowest BCUT2D eigenvalue weighted by Crippen LogP contribution is -2.36. The van der Waals surface area contributed by atoms with Gasteiger partial charge in [0.1, 0.15) is 0 Å². The maximum Gasteiger partial charge on any atom is 0.233 e. The van der Waals surface area contributed by atoms with Gasteiger partial charge in [-0.25, -0.2) is 0 Å². The zero-order chi connectivity index (χ0) is 9.80. The van der Waals surface area contributed by atoms with E-state index < -0.39 is 0 Å². The first-order chi connectivity index (χ1) is 6.90. The molecule has 1 heterocycles. The van der Waals surface area contributed by atoms with Crippen LogP contribution in [-0.4, -0.2) is 32.6 Å². The molecule has 1 aromatic carbocycles. The Hall–Kier alpha value is -1.35. The predicted octanol–water partition coefficient (Wildman–Crippen LogP) is 0.981. The molecule has 0 bridgehead atoms. The normalized spacial score (nSPS) is 16.7. The first-order valence-electron chi connectivity index (χ1n) is 4.71. The highest BCUT2D eigenvalue weighted by Gasteiger charge is 2.10. The molecular weight excluding hydrogens is 178 g/mol. The number of anilines is 1. The van der Waals surface area contributed by atoms with Crippen molar-refractivity contribution >= 4 is 12.0 Å². The third kappa shape index (κ3) is 1.93. The first-order valence-corrected chi connectivity index (χ1v) is 4.71. The van der Waals surface area contributed by atoms with E-state index in [1.165, 1.54) is 0 Å². The molecule has 1 aliphatic rings. The molecule has 14 heavy (non-hydrogen) atoms. The maximum atomic E-state index is 10.5. The van der Waals surface area contributed by atoms with Crippen molar-refractivity contribution in [1.82, 2.24) is 0 Å². The second-order valence-electron chi connectivity index (χ2n) is 3.25. The van der Waals surface area contributed by atoms with Gasteiger partial charge < -0.3 is 9.64 Å². The van der Waals surface area contributed by atoms with Gasteiger partial charge in [-0.05, 0) is 12.1 Å². The van der Waals surface area contributed by atoms with Crippen LogP contribution in [0, 0.1) is 0 Å². The molecule has 0 aromatic heterocycles. The molecule has 1 fully saturated rings. The Kier molecular flexibility index (Phi) is 2.79. The average molecular weight is 190 g/mol. The Labute approximate surface area is 83.3 Å². The summed E-state index contributed by atoms with van der Waals surface area (Å²) in [6, 6.07) is 7.51. The quantitative estimate of drug-likeness (QED) is 0.696. The van der Waals surface area contributed by atoms with Crippen LogP contribution in [0.1, 0.15) is 5.56 Å². The van der Waals surface area contributed by atoms with Gasteiger partial charge in [0.05, 0.1) is 13.2 Å². The SMILES string of the molecule is O=[C]c1cccc(N2CCOCC2)c1. The number of carbonyl (C=O) groups excluding carboxylic acids is 1. The monoisotopic (exact) mass is 190 g/mol. The van der Waals surface area contributed by atoms with Gasteiger partial charge in [-0.3, -0.25) is 4.79 Å². The second-order valence-corrected chi connectivity index (χ2v) is 3.25. The second kappa shape index (κ2) is 4.24. The zero-order valence-corrected chi connectivity index (χ0v) is 7.90. The van der Waals surface area contributed by atoms with Crippen molar-refractivity contribution in [3.63, 3.8) is 0 Å². The molecule has 0 atom stereocenters. The lowest BCUT2D eigenvalue weighted by Gasteiger charge is -2.28. The van der Waals surface area contributed by atoms with Crippen LogP contribution in [0.4, 0.5) is 5.69 Å². The van der Waals surface area contributed by atoms with E-state index in [-0.39, 0.29) is 0 Å². The summed E-state index contributed by atoms with van der Waals surface area (Å²) in [6.45, 7) is 3.30. The Bertz CT molecular complexity index is 319. The smallest absolute Gasteiger partial charge is 0.233 e. The average Bonchev–Trinajstić information content (AvgIpc) is 2.30. The maximum absolute atomic E-state index is 10.5. The minimum atomic E-state index is 0.606. The molecule has 0 amide bonds. The molecule has 1 saturated heterocycles. The van der Waals surface area contributed by atoms with Gasteiger partial charge >= 0.3 is 0 Å². The minimum absolute atomic E-state index is 0.606. The van der Waals surface area contributed by atoms with Gasteiger partial charge in [0, 0.05) is 24.3 Å². The number of morpholine rings is 1. The molecule has 0 unspecified atom stereocenters. The first kappa shape index (κ1) is 9.21. The van der Waals surface area contributed by atoms with Crippen LogP contribution in [0.15, 0.2) is 24.3 Å². The summed E-state index contributed by atoms with van der Waals surface area (Å²) in [5.41, 5.74) is 1.68. The van der Waals surface area contributed by atoms with Crippen LogP contribution in [0.3, 0.4) is 0 Å². The number of rotatable bonds is 2. The molecule has 0 aliphatic carbocycles. The fourth-order valence-corrected chi connectivity index (χ4v) is 1.59. The summed E-state index contributed by atoms with van der Waals surface area (Å²) in [5, 5.41) is 0. The Balaban J connectivity index is 2.17. The van der Waals surface area contributed by atoms with Gasteiger partial charge in [-0.15, -0.1) is 0 Å². The molecule has 0 N–H and O–H groups in total. The van der Waals surface area contributed by atoms with Gasteiger partial charge in [0.2, 0.25) is 6.29 Å². The van der Waals surface area contributed by atoms with E-state index >= 15 is 0 Å². The van der Waals surface area contributed by atoms with Crippen LogP contribution in [0.5, 0.6) is 0 Å². The highest BCUT2D eigenvalue weighted by Crippen LogP contribution is 2.16. The van der Waals surface area contributed by atoms with Crippen molar-refractivity contribution in [2.24, 2.45) is 0 Å². The van der Waals surface area contributed by atoms with E-state index in [1.54, 1.807) is 6.07 Å². The van der Waals surface area contributed by atoms with E-state index in [1.807, 2.05) is 24.5 Å². The van der Waals surface area contributed by atoms with Crippen LogP contribution in [-0.2, 0) is 9.53 Å². The Morgan fingerprint density at radius 3 is 2.79 bits per heavy atom. The fraction of sp³-hybridized carbons (Fsp3) is 0.364. The van der Waals surface area contributed by atoms with Crippen molar-refractivity contribution in [3.05, 3.63) is 29.8 Å². The summed E-state index contributed by atoms with van der Waals surface area (Å²) in [4.78, 5) is 12.7. The van der Waals surface area contributed by atoms with E-state index in [9.17, 15) is 4.79 Å². The summed E-state index contributed by atoms with van der Waals surface area (Å²) >= 11 is 0. The van der Waals surface area contributed by atoms with Gasteiger partial charge in [-0.2, -0.15) is 0 Å². The largest absolute Gasteiger partial charge is 0.378 e. The Morgan fingerprint density at radius 2 is 2.07 bits per heavy atom. The van der Waals surface area contributed by atoms with E-state index in [0.717, 1.165) is 32.0 Å². The van der Waals surface area contributed by atoms with Crippen molar-refractivity contribution in [2.45, 2.75) is 0 Å². The summed E-state index contributed by atoms with van der Waals surface area (Å²) < 4.78 is 5.26. The highest BCUT2D eigenvalue weighted by molar-refractivity contribution is 5.77. The van der Waals surface area contributed by atoms with Crippen molar-refractivity contribution in [2.75, 3.05) is 31.2 Å². The summed E-state index contributed by atoms with van der Waals surface area (Å²) in [7, 11) is 0. The lowest BCUT2D eigenvalue weighted by molar-refractivity contribution is 0.122. The molecular formula is C11H12NO2. The van der Waals surface area contributed by atoms with Crippen LogP contribution in [0.2, 0.25) is 0 Å². The molecule has 73 valence electrons. The third-order valence-corrected chi connectivity index (χ3v) is 2.34. The molecule has 2 rings (SSSR count). The van der Waals surface area contributed by atoms with Crippen molar-refractivity contribution in [3.8, 4) is 0 Å². The van der Waals surface area contributed by atoms with E-state index in [2.05, 4.69) is 4.90 Å². The number of nitrogens with zero attached hydrogens (tertiary/aromatic N) is 1. The molecule has 1 radical (unpaired) electrons. The molecule has 1 aliphatic heterocycles. The van der Waals surface area contributed by atoms with Crippen LogP contribution >= 0.6 is 0 Å². The Morgan fingerprint density at radius 1 is 1.29 bits per heavy atom. The molecule has 3 nitrogen and oxygen atoms in total. The highest BCUT2D eigenvalue weighted by atomic mass is 16.5. The third-order valence-electron chi connectivity index (χ3n) is 2.34. The summed E-state index contributed by atoms with van der Waals surface area (Å²) in [6.07, 6.45) is 1.90. The molecule has 0 spiro atoms. The van der Waals surface area contributed by atoms with Gasteiger partial charge in [-0.1, -0.05) is 12.1 Å². The number of ether oxygens (including phenoxy) is 1. The molecule has 0 saturated carbocycles. The number of benzene rings is 1. The molecule has 3 heteroatoms. The standard InChI is InChI=1S/C11H12NO2/c13-9-10-2-1-3-11(8-10)12-4-6-14-7-5-12/h1-3,8H,4-7H2. The van der Waals surface area contributed by atoms with Crippen molar-refractivity contribution < 1.29 is 9.53 Å². The van der Waals surface area contributed by atoms with Crippen molar-refractivity contribution in [1.29, 1.82) is 0 Å². The number of hydrogen-bond donors (Lipinski definition) is 0. The number of hydrogen-bond acceptors (Lipinski definition) is 3. The zero-order valence-electron chi connectivity index (χ0n) is 7.90. The summed E-state index contributed by atoms with van der Waals surface area (Å²) in [5.74, 6) is 0. The predicted molar refractivity (Wildman–Crippen MR) is 54.3 cm³/mol. The lowest BCUT2D eigenvalue weighted by atomic mass is 10.2. The van der Waals surface area contributed by atoms with E-state index in [4.69, 9.17) is 4.74 Å². The topological polar surface area (TPSA) is 29.5 Å². The van der Waals surface area contributed by atoms with Crippen LogP contribution in [0.25, 0.3) is 0 Å². The van der Waals surface area contributed by atoms with E-state index in [0.29, 0.717) is 5.56 Å². The van der Waals surface area contributed by atoms with Gasteiger partial charge in [0.15, 0.2) is 0 Å². The fourth-order valence-electron chi connectivity index (χ4n) is 1.59. The molecule has 1 aromatic rings. The minimum Gasteiger partial charge on any atom is -0.378 e. The van der Waals surface area contributed by atoms with Gasteiger partial charge in [0.25, 0.3) is 0 Å². The van der Waals surface area contributed by atoms with Crippen LogP contribution < -0.4 is 4.90 Å².